The monoisotopic (exact) mass is 396 g/mol. The standard InChI is InChI=1S/C23H40O5/c1-9-11-13(3)12-14(4)20(25)17(7)23(27)18(8)21(26)16(6)22(28-23)15(5)19(24)10-2/h12,14-18,21-22,26-27H,9-11H2,1-8H3. The normalized spacial score (nSPS) is 34.6. The third kappa shape index (κ3) is 5.11. The summed E-state index contributed by atoms with van der Waals surface area (Å²) in [6, 6.07) is 0. The van der Waals surface area contributed by atoms with Crippen LogP contribution in [-0.2, 0) is 14.3 Å². The maximum Gasteiger partial charge on any atom is 0.180 e. The number of Topliss-reactive ketones (excluding diaryl/α,β-unsaturated/α-hetero) is 2. The molecule has 0 radical (unpaired) electrons. The van der Waals surface area contributed by atoms with Crippen molar-refractivity contribution in [1.29, 1.82) is 0 Å². The molecule has 0 bridgehead atoms. The molecule has 1 saturated heterocycles. The predicted octanol–water partition coefficient (Wildman–Crippen LogP) is 3.91. The Morgan fingerprint density at radius 2 is 1.75 bits per heavy atom. The number of allylic oxidation sites excluding steroid dienone is 2. The van der Waals surface area contributed by atoms with Crippen molar-refractivity contribution in [2.75, 3.05) is 0 Å². The second kappa shape index (κ2) is 10.1. The lowest BCUT2D eigenvalue weighted by molar-refractivity contribution is -0.337. The zero-order valence-electron chi connectivity index (χ0n) is 18.9. The summed E-state index contributed by atoms with van der Waals surface area (Å²) < 4.78 is 6.07. The van der Waals surface area contributed by atoms with Gasteiger partial charge in [-0.15, -0.1) is 0 Å². The summed E-state index contributed by atoms with van der Waals surface area (Å²) in [6.45, 7) is 14.7. The molecule has 1 rings (SSSR count). The SMILES string of the molecule is CCCC(C)=CC(C)C(=O)C(C)C1(O)OC(C(C)C(=O)CC)C(C)C(O)C1C. The van der Waals surface area contributed by atoms with Gasteiger partial charge in [-0.25, -0.2) is 0 Å². The van der Waals surface area contributed by atoms with Gasteiger partial charge in [0.2, 0.25) is 0 Å². The minimum Gasteiger partial charge on any atom is -0.392 e. The minimum atomic E-state index is -1.81. The molecule has 0 aromatic heterocycles. The summed E-state index contributed by atoms with van der Waals surface area (Å²) in [4.78, 5) is 25.3. The van der Waals surface area contributed by atoms with E-state index in [-0.39, 0.29) is 23.4 Å². The van der Waals surface area contributed by atoms with E-state index in [1.807, 2.05) is 26.8 Å². The molecule has 1 fully saturated rings. The predicted molar refractivity (Wildman–Crippen MR) is 111 cm³/mol. The molecule has 2 N–H and O–H groups in total. The molecule has 1 aliphatic heterocycles. The fourth-order valence-electron chi connectivity index (χ4n) is 4.47. The molecule has 5 heteroatoms. The Labute approximate surface area is 170 Å². The third-order valence-corrected chi connectivity index (χ3v) is 6.57. The van der Waals surface area contributed by atoms with E-state index in [1.165, 1.54) is 0 Å². The number of hydrogen-bond donors (Lipinski definition) is 2. The van der Waals surface area contributed by atoms with Gasteiger partial charge in [0.1, 0.15) is 11.6 Å². The highest BCUT2D eigenvalue weighted by Gasteiger charge is 2.56. The van der Waals surface area contributed by atoms with E-state index in [0.717, 1.165) is 18.4 Å². The zero-order valence-corrected chi connectivity index (χ0v) is 18.9. The van der Waals surface area contributed by atoms with Crippen LogP contribution in [0.5, 0.6) is 0 Å². The Kier molecular flexibility index (Phi) is 9.04. The summed E-state index contributed by atoms with van der Waals surface area (Å²) in [7, 11) is 0. The molecule has 1 heterocycles. The van der Waals surface area contributed by atoms with Crippen molar-refractivity contribution < 1.29 is 24.5 Å². The average Bonchev–Trinajstić information content (AvgIpc) is 2.66. The highest BCUT2D eigenvalue weighted by molar-refractivity contribution is 5.85. The molecule has 5 nitrogen and oxygen atoms in total. The largest absolute Gasteiger partial charge is 0.392 e. The fourth-order valence-corrected chi connectivity index (χ4v) is 4.47. The van der Waals surface area contributed by atoms with Crippen molar-refractivity contribution in [3.05, 3.63) is 11.6 Å². The summed E-state index contributed by atoms with van der Waals surface area (Å²) in [5.41, 5.74) is 1.15. The first-order valence-corrected chi connectivity index (χ1v) is 10.7. The van der Waals surface area contributed by atoms with Crippen molar-refractivity contribution >= 4 is 11.6 Å². The first-order chi connectivity index (χ1) is 12.9. The van der Waals surface area contributed by atoms with Gasteiger partial charge in [-0.1, -0.05) is 66.5 Å². The number of hydrogen-bond acceptors (Lipinski definition) is 5. The van der Waals surface area contributed by atoms with Crippen LogP contribution in [0.25, 0.3) is 0 Å². The molecule has 0 spiro atoms. The molecular formula is C23H40O5. The van der Waals surface area contributed by atoms with Crippen molar-refractivity contribution in [2.45, 2.75) is 92.6 Å². The van der Waals surface area contributed by atoms with Crippen LogP contribution in [0.4, 0.5) is 0 Å². The Morgan fingerprint density at radius 3 is 2.25 bits per heavy atom. The molecule has 28 heavy (non-hydrogen) atoms. The molecule has 0 saturated carbocycles. The van der Waals surface area contributed by atoms with Gasteiger partial charge in [-0.05, 0) is 13.3 Å². The van der Waals surface area contributed by atoms with Crippen LogP contribution in [0.3, 0.4) is 0 Å². The number of carbonyl (C=O) groups excluding carboxylic acids is 2. The highest BCUT2D eigenvalue weighted by Crippen LogP contribution is 2.43. The van der Waals surface area contributed by atoms with E-state index >= 15 is 0 Å². The lowest BCUT2D eigenvalue weighted by Crippen LogP contribution is -2.63. The van der Waals surface area contributed by atoms with E-state index in [4.69, 9.17) is 4.74 Å². The van der Waals surface area contributed by atoms with Crippen LogP contribution in [0.1, 0.15) is 74.7 Å². The highest BCUT2D eigenvalue weighted by atomic mass is 16.6. The number of aliphatic hydroxyl groups is 2. The molecule has 0 aromatic carbocycles. The van der Waals surface area contributed by atoms with Gasteiger partial charge in [0, 0.05) is 30.1 Å². The molecule has 0 aliphatic carbocycles. The molecule has 162 valence electrons. The number of aliphatic hydroxyl groups excluding tert-OH is 1. The molecule has 8 atom stereocenters. The first kappa shape index (κ1) is 25.0. The lowest BCUT2D eigenvalue weighted by atomic mass is 9.71. The topological polar surface area (TPSA) is 83.8 Å². The number of ether oxygens (including phenoxy) is 1. The van der Waals surface area contributed by atoms with Crippen LogP contribution >= 0.6 is 0 Å². The van der Waals surface area contributed by atoms with Crippen molar-refractivity contribution in [3.8, 4) is 0 Å². The van der Waals surface area contributed by atoms with Gasteiger partial charge in [0.05, 0.1) is 18.1 Å². The maximum atomic E-state index is 13.1. The van der Waals surface area contributed by atoms with E-state index in [0.29, 0.717) is 6.42 Å². The smallest absolute Gasteiger partial charge is 0.180 e. The Bertz CT molecular complexity index is 584. The van der Waals surface area contributed by atoms with Gasteiger partial charge in [-0.3, -0.25) is 9.59 Å². The Balaban J connectivity index is 3.15. The quantitative estimate of drug-likeness (QED) is 0.577. The van der Waals surface area contributed by atoms with Gasteiger partial charge in [0.15, 0.2) is 5.79 Å². The van der Waals surface area contributed by atoms with Gasteiger partial charge >= 0.3 is 0 Å². The van der Waals surface area contributed by atoms with Crippen LogP contribution in [0.2, 0.25) is 0 Å². The van der Waals surface area contributed by atoms with E-state index in [1.54, 1.807) is 27.7 Å². The third-order valence-electron chi connectivity index (χ3n) is 6.57. The average molecular weight is 397 g/mol. The van der Waals surface area contributed by atoms with Crippen LogP contribution in [0.15, 0.2) is 11.6 Å². The summed E-state index contributed by atoms with van der Waals surface area (Å²) in [5.74, 6) is -4.51. The zero-order chi connectivity index (χ0) is 21.8. The molecule has 1 aliphatic rings. The molecule has 0 aromatic rings. The second-order valence-corrected chi connectivity index (χ2v) is 8.76. The van der Waals surface area contributed by atoms with Crippen molar-refractivity contribution in [2.24, 2.45) is 29.6 Å². The van der Waals surface area contributed by atoms with Crippen LogP contribution in [0, 0.1) is 29.6 Å². The summed E-state index contributed by atoms with van der Waals surface area (Å²) >= 11 is 0. The summed E-state index contributed by atoms with van der Waals surface area (Å²) in [6.07, 6.45) is 2.75. The van der Waals surface area contributed by atoms with Gasteiger partial charge < -0.3 is 14.9 Å². The Morgan fingerprint density at radius 1 is 1.18 bits per heavy atom. The lowest BCUT2D eigenvalue weighted by Gasteiger charge is -2.51. The Hall–Kier alpha value is -1.04. The minimum absolute atomic E-state index is 0.0198. The van der Waals surface area contributed by atoms with Gasteiger partial charge in [-0.2, -0.15) is 0 Å². The fraction of sp³-hybridized carbons (Fsp3) is 0.826. The van der Waals surface area contributed by atoms with E-state index < -0.39 is 35.7 Å². The number of rotatable bonds is 9. The molecule has 8 unspecified atom stereocenters. The second-order valence-electron chi connectivity index (χ2n) is 8.76. The number of ketones is 2. The van der Waals surface area contributed by atoms with E-state index in [2.05, 4.69) is 6.92 Å². The molecular weight excluding hydrogens is 356 g/mol. The van der Waals surface area contributed by atoms with Crippen molar-refractivity contribution in [3.63, 3.8) is 0 Å². The summed E-state index contributed by atoms with van der Waals surface area (Å²) in [5, 5.41) is 22.2. The van der Waals surface area contributed by atoms with Crippen LogP contribution in [-0.4, -0.2) is 39.8 Å². The maximum absolute atomic E-state index is 13.1. The van der Waals surface area contributed by atoms with Crippen LogP contribution < -0.4 is 0 Å². The first-order valence-electron chi connectivity index (χ1n) is 10.7. The molecule has 0 amide bonds. The van der Waals surface area contributed by atoms with Crippen molar-refractivity contribution in [1.82, 2.24) is 0 Å². The van der Waals surface area contributed by atoms with E-state index in [9.17, 15) is 19.8 Å². The number of carbonyl (C=O) groups is 2. The van der Waals surface area contributed by atoms with Gasteiger partial charge in [0.25, 0.3) is 0 Å².